The van der Waals surface area contributed by atoms with E-state index in [9.17, 15) is 9.59 Å². The molecule has 0 aliphatic rings. The van der Waals surface area contributed by atoms with Gasteiger partial charge in [0.05, 0.1) is 12.2 Å². The molecular weight excluding hydrogens is 352 g/mol. The van der Waals surface area contributed by atoms with Gasteiger partial charge in [0.15, 0.2) is 0 Å². The Labute approximate surface area is 155 Å². The van der Waals surface area contributed by atoms with Crippen molar-refractivity contribution in [3.05, 3.63) is 93.3 Å². The average Bonchev–Trinajstić information content (AvgIpc) is 3.03. The number of aromatic nitrogens is 1. The lowest BCUT2D eigenvalue weighted by atomic mass is 10.2. The second-order valence-electron chi connectivity index (χ2n) is 5.75. The fourth-order valence-electron chi connectivity index (χ4n) is 2.42. The summed E-state index contributed by atoms with van der Waals surface area (Å²) in [6.07, 6.45) is 4.55. The number of pyridine rings is 1. The van der Waals surface area contributed by atoms with E-state index in [1.807, 2.05) is 31.2 Å². The minimum atomic E-state index is -0.318. The van der Waals surface area contributed by atoms with Gasteiger partial charge in [0.2, 0.25) is 5.91 Å². The maximum atomic E-state index is 12.1. The van der Waals surface area contributed by atoms with Crippen molar-refractivity contribution in [2.75, 3.05) is 5.32 Å². The van der Waals surface area contributed by atoms with Gasteiger partial charge in [-0.15, -0.1) is 0 Å². The van der Waals surface area contributed by atoms with Crippen LogP contribution in [0.3, 0.4) is 0 Å². The first kappa shape index (κ1) is 17.8. The number of benzene rings is 1. The standard InChI is InChI=1S/C20H17ClN2O3/c1-14-6-8-17(26-14)9-10-19(24)22-16-7-11-20(25)23(13-16)12-15-4-2-3-5-18(15)21/h2-11,13H,12H2,1H3,(H,22,24)/b10-9-. The summed E-state index contributed by atoms with van der Waals surface area (Å²) < 4.78 is 6.87. The van der Waals surface area contributed by atoms with Crippen molar-refractivity contribution in [2.24, 2.45) is 0 Å². The van der Waals surface area contributed by atoms with Crippen LogP contribution < -0.4 is 10.9 Å². The molecule has 0 radical (unpaired) electrons. The molecule has 0 unspecified atom stereocenters. The third kappa shape index (κ3) is 4.52. The van der Waals surface area contributed by atoms with Gasteiger partial charge in [-0.05, 0) is 42.8 Å². The smallest absolute Gasteiger partial charge is 0.250 e. The molecule has 0 spiro atoms. The van der Waals surface area contributed by atoms with E-state index < -0.39 is 0 Å². The highest BCUT2D eigenvalue weighted by Gasteiger charge is 2.05. The summed E-state index contributed by atoms with van der Waals surface area (Å²) in [4.78, 5) is 24.1. The number of rotatable bonds is 5. The van der Waals surface area contributed by atoms with Gasteiger partial charge in [0.25, 0.3) is 5.56 Å². The Morgan fingerprint density at radius 2 is 2.00 bits per heavy atom. The van der Waals surface area contributed by atoms with Gasteiger partial charge >= 0.3 is 0 Å². The molecule has 0 fully saturated rings. The van der Waals surface area contributed by atoms with Gasteiger partial charge in [-0.25, -0.2) is 0 Å². The quantitative estimate of drug-likeness (QED) is 0.689. The van der Waals surface area contributed by atoms with Crippen LogP contribution in [-0.2, 0) is 11.3 Å². The molecule has 3 aromatic rings. The molecule has 5 nitrogen and oxygen atoms in total. The predicted molar refractivity (Wildman–Crippen MR) is 102 cm³/mol. The summed E-state index contributed by atoms with van der Waals surface area (Å²) in [6.45, 7) is 2.16. The monoisotopic (exact) mass is 368 g/mol. The summed E-state index contributed by atoms with van der Waals surface area (Å²) >= 11 is 6.15. The average molecular weight is 369 g/mol. The number of nitrogens with one attached hydrogen (secondary N) is 1. The van der Waals surface area contributed by atoms with Crippen LogP contribution in [0.2, 0.25) is 5.02 Å². The van der Waals surface area contributed by atoms with E-state index in [1.165, 1.54) is 16.7 Å². The van der Waals surface area contributed by atoms with Gasteiger partial charge in [-0.2, -0.15) is 0 Å². The zero-order chi connectivity index (χ0) is 18.5. The van der Waals surface area contributed by atoms with Crippen molar-refractivity contribution in [3.63, 3.8) is 0 Å². The van der Waals surface area contributed by atoms with Crippen LogP contribution in [0.15, 0.2) is 70.0 Å². The number of carbonyl (C=O) groups excluding carboxylic acids is 1. The molecule has 26 heavy (non-hydrogen) atoms. The first-order valence-electron chi connectivity index (χ1n) is 8.01. The van der Waals surface area contributed by atoms with Gasteiger partial charge in [0.1, 0.15) is 11.5 Å². The summed E-state index contributed by atoms with van der Waals surface area (Å²) in [5, 5.41) is 3.32. The Morgan fingerprint density at radius 3 is 2.73 bits per heavy atom. The highest BCUT2D eigenvalue weighted by molar-refractivity contribution is 6.31. The van der Waals surface area contributed by atoms with Gasteiger partial charge in [0, 0.05) is 23.4 Å². The molecule has 0 aliphatic carbocycles. The number of hydrogen-bond donors (Lipinski definition) is 1. The molecule has 0 bridgehead atoms. The van der Waals surface area contributed by atoms with Crippen molar-refractivity contribution < 1.29 is 9.21 Å². The van der Waals surface area contributed by atoms with Crippen LogP contribution >= 0.6 is 11.6 Å². The van der Waals surface area contributed by atoms with Crippen LogP contribution in [0.5, 0.6) is 0 Å². The number of aryl methyl sites for hydroxylation is 1. The first-order valence-corrected chi connectivity index (χ1v) is 8.38. The van der Waals surface area contributed by atoms with Gasteiger partial charge in [-0.3, -0.25) is 9.59 Å². The molecule has 0 atom stereocenters. The number of furan rings is 1. The molecule has 2 aromatic heterocycles. The Kier molecular flexibility index (Phi) is 5.39. The largest absolute Gasteiger partial charge is 0.462 e. The SMILES string of the molecule is Cc1ccc(/C=C\C(=O)Nc2ccc(=O)n(Cc3ccccc3Cl)c2)o1. The molecule has 0 saturated heterocycles. The van der Waals surface area contributed by atoms with Crippen LogP contribution in [0.1, 0.15) is 17.1 Å². The van der Waals surface area contributed by atoms with Crippen LogP contribution in [0.25, 0.3) is 6.08 Å². The van der Waals surface area contributed by atoms with Crippen LogP contribution in [-0.4, -0.2) is 10.5 Å². The number of anilines is 1. The maximum Gasteiger partial charge on any atom is 0.250 e. The normalized spacial score (nSPS) is 11.0. The molecule has 6 heteroatoms. The summed E-state index contributed by atoms with van der Waals surface area (Å²) in [5.41, 5.74) is 1.17. The minimum absolute atomic E-state index is 0.176. The van der Waals surface area contributed by atoms with E-state index >= 15 is 0 Å². The highest BCUT2D eigenvalue weighted by atomic mass is 35.5. The zero-order valence-corrected chi connectivity index (χ0v) is 14.9. The number of carbonyl (C=O) groups is 1. The van der Waals surface area contributed by atoms with Gasteiger partial charge < -0.3 is 14.3 Å². The molecule has 3 rings (SSSR count). The predicted octanol–water partition coefficient (Wildman–Crippen LogP) is 4.10. The topological polar surface area (TPSA) is 64.2 Å². The molecular formula is C20H17ClN2O3. The molecule has 2 heterocycles. The number of nitrogens with zero attached hydrogens (tertiary/aromatic N) is 1. The summed E-state index contributed by atoms with van der Waals surface area (Å²) in [7, 11) is 0. The summed E-state index contributed by atoms with van der Waals surface area (Å²) in [5.74, 6) is 1.06. The molecule has 1 N–H and O–H groups in total. The van der Waals surface area contributed by atoms with E-state index in [0.29, 0.717) is 23.0 Å². The lowest BCUT2D eigenvalue weighted by molar-refractivity contribution is -0.111. The lowest BCUT2D eigenvalue weighted by Gasteiger charge is -2.10. The Morgan fingerprint density at radius 1 is 1.19 bits per heavy atom. The third-order valence-electron chi connectivity index (χ3n) is 3.71. The summed E-state index contributed by atoms with van der Waals surface area (Å²) in [6, 6.07) is 13.9. The zero-order valence-electron chi connectivity index (χ0n) is 14.1. The van der Waals surface area contributed by atoms with E-state index in [0.717, 1.165) is 11.3 Å². The van der Waals surface area contributed by atoms with Crippen molar-refractivity contribution in [2.45, 2.75) is 13.5 Å². The Bertz CT molecular complexity index is 1020. The lowest BCUT2D eigenvalue weighted by Crippen LogP contribution is -2.20. The van der Waals surface area contributed by atoms with Crippen molar-refractivity contribution >= 4 is 29.3 Å². The Hall–Kier alpha value is -3.05. The van der Waals surface area contributed by atoms with Crippen molar-refractivity contribution in [3.8, 4) is 0 Å². The molecule has 132 valence electrons. The second kappa shape index (κ2) is 7.89. The van der Waals surface area contributed by atoms with E-state index in [2.05, 4.69) is 5.32 Å². The highest BCUT2D eigenvalue weighted by Crippen LogP contribution is 2.16. The molecule has 0 aliphatic heterocycles. The van der Waals surface area contributed by atoms with Crippen molar-refractivity contribution in [1.29, 1.82) is 0 Å². The van der Waals surface area contributed by atoms with Crippen LogP contribution in [0.4, 0.5) is 5.69 Å². The number of halogens is 1. The second-order valence-corrected chi connectivity index (χ2v) is 6.15. The van der Waals surface area contributed by atoms with E-state index in [4.69, 9.17) is 16.0 Å². The molecule has 1 aromatic carbocycles. The van der Waals surface area contributed by atoms with Gasteiger partial charge in [-0.1, -0.05) is 29.8 Å². The fraction of sp³-hybridized carbons (Fsp3) is 0.100. The third-order valence-corrected chi connectivity index (χ3v) is 4.08. The molecule has 1 amide bonds. The molecule has 0 saturated carbocycles. The Balaban J connectivity index is 1.73. The number of amides is 1. The van der Waals surface area contributed by atoms with E-state index in [-0.39, 0.29) is 11.5 Å². The van der Waals surface area contributed by atoms with Crippen molar-refractivity contribution in [1.82, 2.24) is 4.57 Å². The minimum Gasteiger partial charge on any atom is -0.462 e. The van der Waals surface area contributed by atoms with Crippen LogP contribution in [0, 0.1) is 6.92 Å². The first-order chi connectivity index (χ1) is 12.5. The maximum absolute atomic E-state index is 12.1. The number of hydrogen-bond acceptors (Lipinski definition) is 3. The van der Waals surface area contributed by atoms with E-state index in [1.54, 1.807) is 30.5 Å². The fourth-order valence-corrected chi connectivity index (χ4v) is 2.62.